The number of aromatic nitrogens is 1. The van der Waals surface area contributed by atoms with Crippen LogP contribution in [-0.4, -0.2) is 17.7 Å². The molecular weight excluding hydrogens is 376 g/mol. The van der Waals surface area contributed by atoms with E-state index in [0.29, 0.717) is 24.2 Å². The Kier molecular flexibility index (Phi) is 5.88. The number of carbonyl (C=O) groups is 1. The quantitative estimate of drug-likeness (QED) is 0.571. The predicted molar refractivity (Wildman–Crippen MR) is 116 cm³/mol. The number of nitrogens with one attached hydrogen (secondary N) is 1. The van der Waals surface area contributed by atoms with Crippen molar-refractivity contribution in [2.45, 2.75) is 45.6 Å². The number of carbonyl (C=O) groups excluding carboxylic acids is 1. The second kappa shape index (κ2) is 8.74. The normalized spacial score (nSPS) is 19.0. The Bertz CT molecular complexity index is 1000. The third kappa shape index (κ3) is 4.56. The van der Waals surface area contributed by atoms with Gasteiger partial charge >= 0.3 is 0 Å². The molecule has 0 bridgehead atoms. The van der Waals surface area contributed by atoms with E-state index in [0.717, 1.165) is 24.3 Å². The molecule has 0 aliphatic heterocycles. The van der Waals surface area contributed by atoms with Gasteiger partial charge in [0.2, 0.25) is 5.91 Å². The zero-order chi connectivity index (χ0) is 21.1. The predicted octanol–water partition coefficient (Wildman–Crippen LogP) is 5.42. The van der Waals surface area contributed by atoms with Crippen LogP contribution in [0.1, 0.15) is 55.7 Å². The SMILES string of the molecule is CC(=O)N[C@@H](C)c1cc(C2CC(COc3ccc(-c4ccccc4C)cc3)C2)no1. The van der Waals surface area contributed by atoms with E-state index < -0.39 is 0 Å². The third-order valence-electron chi connectivity index (χ3n) is 5.84. The summed E-state index contributed by atoms with van der Waals surface area (Å²) >= 11 is 0. The lowest BCUT2D eigenvalue weighted by Crippen LogP contribution is -2.27. The highest BCUT2D eigenvalue weighted by atomic mass is 16.5. The number of rotatable bonds is 7. The Hall–Kier alpha value is -3.08. The van der Waals surface area contributed by atoms with Gasteiger partial charge in [0.05, 0.1) is 18.3 Å². The van der Waals surface area contributed by atoms with Crippen LogP contribution in [0.4, 0.5) is 0 Å². The molecule has 0 saturated heterocycles. The van der Waals surface area contributed by atoms with E-state index in [1.165, 1.54) is 23.6 Å². The van der Waals surface area contributed by atoms with Gasteiger partial charge in [0.25, 0.3) is 0 Å². The second-order valence-electron chi connectivity index (χ2n) is 8.26. The fourth-order valence-electron chi connectivity index (χ4n) is 4.03. The van der Waals surface area contributed by atoms with Crippen molar-refractivity contribution in [3.8, 4) is 16.9 Å². The molecule has 1 aliphatic rings. The lowest BCUT2D eigenvalue weighted by atomic mass is 9.73. The van der Waals surface area contributed by atoms with Gasteiger partial charge in [-0.05, 0) is 61.4 Å². The van der Waals surface area contributed by atoms with Gasteiger partial charge in [-0.15, -0.1) is 0 Å². The molecule has 30 heavy (non-hydrogen) atoms. The summed E-state index contributed by atoms with van der Waals surface area (Å²) in [4.78, 5) is 11.2. The van der Waals surface area contributed by atoms with Crippen molar-refractivity contribution in [3.63, 3.8) is 0 Å². The van der Waals surface area contributed by atoms with Gasteiger partial charge in [-0.1, -0.05) is 41.6 Å². The standard InChI is InChI=1S/C25H28N2O3/c1-16-6-4-5-7-23(16)20-8-10-22(11-9-20)29-15-19-12-21(13-19)24-14-25(30-27-24)17(2)26-18(3)28/h4-11,14,17,19,21H,12-13,15H2,1-3H3,(H,26,28)/t17-,19?,21?/m0/s1. The minimum Gasteiger partial charge on any atom is -0.493 e. The highest BCUT2D eigenvalue weighted by molar-refractivity contribution is 5.73. The highest BCUT2D eigenvalue weighted by Crippen LogP contribution is 2.41. The van der Waals surface area contributed by atoms with Crippen LogP contribution < -0.4 is 10.1 Å². The van der Waals surface area contributed by atoms with Crippen LogP contribution in [0.2, 0.25) is 0 Å². The van der Waals surface area contributed by atoms with Crippen LogP contribution in [0.25, 0.3) is 11.1 Å². The number of hydrogen-bond acceptors (Lipinski definition) is 4. The molecule has 1 atom stereocenters. The van der Waals surface area contributed by atoms with Crippen molar-refractivity contribution in [1.29, 1.82) is 0 Å². The maximum atomic E-state index is 11.2. The van der Waals surface area contributed by atoms with Gasteiger partial charge in [0.15, 0.2) is 5.76 Å². The average Bonchev–Trinajstić information content (AvgIpc) is 3.17. The van der Waals surface area contributed by atoms with Gasteiger partial charge in [-0.3, -0.25) is 4.79 Å². The first-order valence-electron chi connectivity index (χ1n) is 10.5. The molecule has 1 heterocycles. The van der Waals surface area contributed by atoms with E-state index in [4.69, 9.17) is 9.26 Å². The molecule has 5 nitrogen and oxygen atoms in total. The summed E-state index contributed by atoms with van der Waals surface area (Å²) in [7, 11) is 0. The molecule has 156 valence electrons. The summed E-state index contributed by atoms with van der Waals surface area (Å²) in [6.07, 6.45) is 2.09. The number of amides is 1. The summed E-state index contributed by atoms with van der Waals surface area (Å²) in [6.45, 7) is 6.24. The molecule has 0 radical (unpaired) electrons. The van der Waals surface area contributed by atoms with E-state index in [1.54, 1.807) is 0 Å². The topological polar surface area (TPSA) is 64.4 Å². The Morgan fingerprint density at radius 2 is 1.93 bits per heavy atom. The second-order valence-corrected chi connectivity index (χ2v) is 8.26. The molecule has 0 spiro atoms. The highest BCUT2D eigenvalue weighted by Gasteiger charge is 2.33. The van der Waals surface area contributed by atoms with E-state index in [1.807, 2.05) is 25.1 Å². The van der Waals surface area contributed by atoms with Crippen LogP contribution in [0.15, 0.2) is 59.1 Å². The number of aryl methyl sites for hydroxylation is 1. The third-order valence-corrected chi connectivity index (χ3v) is 5.84. The summed E-state index contributed by atoms with van der Waals surface area (Å²) in [5, 5.41) is 7.02. The van der Waals surface area contributed by atoms with Crippen LogP contribution >= 0.6 is 0 Å². The molecule has 0 unspecified atom stereocenters. The molecule has 3 aromatic rings. The molecule has 1 fully saturated rings. The largest absolute Gasteiger partial charge is 0.493 e. The van der Waals surface area contributed by atoms with Gasteiger partial charge in [0, 0.05) is 18.9 Å². The van der Waals surface area contributed by atoms with Crippen molar-refractivity contribution >= 4 is 5.91 Å². The average molecular weight is 405 g/mol. The van der Waals surface area contributed by atoms with Crippen molar-refractivity contribution in [2.75, 3.05) is 6.61 Å². The summed E-state index contributed by atoms with van der Waals surface area (Å²) in [5.41, 5.74) is 4.71. The molecular formula is C25H28N2O3. The van der Waals surface area contributed by atoms with Crippen molar-refractivity contribution in [1.82, 2.24) is 10.5 Å². The molecule has 5 heteroatoms. The molecule has 4 rings (SSSR count). The number of nitrogens with zero attached hydrogens (tertiary/aromatic N) is 1. The fourth-order valence-corrected chi connectivity index (χ4v) is 4.03. The maximum absolute atomic E-state index is 11.2. The van der Waals surface area contributed by atoms with Gasteiger partial charge in [-0.25, -0.2) is 0 Å². The molecule has 2 aromatic carbocycles. The smallest absolute Gasteiger partial charge is 0.217 e. The number of benzene rings is 2. The van der Waals surface area contributed by atoms with Gasteiger partial charge in [-0.2, -0.15) is 0 Å². The number of hydrogen-bond donors (Lipinski definition) is 1. The van der Waals surface area contributed by atoms with E-state index in [2.05, 4.69) is 53.8 Å². The molecule has 1 amide bonds. The Balaban J connectivity index is 1.26. The first-order chi connectivity index (χ1) is 14.5. The van der Waals surface area contributed by atoms with Gasteiger partial charge in [0.1, 0.15) is 5.75 Å². The molecule has 1 N–H and O–H groups in total. The Morgan fingerprint density at radius 3 is 2.63 bits per heavy atom. The lowest BCUT2D eigenvalue weighted by molar-refractivity contribution is -0.119. The van der Waals surface area contributed by atoms with Crippen molar-refractivity contribution in [3.05, 3.63) is 71.6 Å². The first kappa shape index (κ1) is 20.2. The van der Waals surface area contributed by atoms with Crippen LogP contribution in [0.5, 0.6) is 5.75 Å². The van der Waals surface area contributed by atoms with E-state index in [9.17, 15) is 4.79 Å². The van der Waals surface area contributed by atoms with Crippen LogP contribution in [0.3, 0.4) is 0 Å². The number of ether oxygens (including phenoxy) is 1. The summed E-state index contributed by atoms with van der Waals surface area (Å²) in [6, 6.07) is 18.5. The first-order valence-corrected chi connectivity index (χ1v) is 10.5. The van der Waals surface area contributed by atoms with E-state index in [-0.39, 0.29) is 11.9 Å². The van der Waals surface area contributed by atoms with Crippen molar-refractivity contribution < 1.29 is 14.1 Å². The Morgan fingerprint density at radius 1 is 1.20 bits per heavy atom. The fraction of sp³-hybridized carbons (Fsp3) is 0.360. The maximum Gasteiger partial charge on any atom is 0.217 e. The van der Waals surface area contributed by atoms with Crippen molar-refractivity contribution in [2.24, 2.45) is 5.92 Å². The minimum absolute atomic E-state index is 0.0757. The van der Waals surface area contributed by atoms with E-state index >= 15 is 0 Å². The van der Waals surface area contributed by atoms with Crippen LogP contribution in [0, 0.1) is 12.8 Å². The molecule has 1 aliphatic carbocycles. The monoisotopic (exact) mass is 404 g/mol. The lowest BCUT2D eigenvalue weighted by Gasteiger charge is -2.33. The van der Waals surface area contributed by atoms with Crippen LogP contribution in [-0.2, 0) is 4.79 Å². The Labute approximate surface area is 177 Å². The summed E-state index contributed by atoms with van der Waals surface area (Å²) in [5.74, 6) is 2.47. The zero-order valence-electron chi connectivity index (χ0n) is 17.7. The molecule has 1 saturated carbocycles. The molecule has 1 aromatic heterocycles. The van der Waals surface area contributed by atoms with Gasteiger partial charge < -0.3 is 14.6 Å². The summed E-state index contributed by atoms with van der Waals surface area (Å²) < 4.78 is 11.4. The minimum atomic E-state index is -0.161. The zero-order valence-corrected chi connectivity index (χ0v) is 17.7.